The van der Waals surface area contributed by atoms with Crippen LogP contribution in [0, 0.1) is 11.7 Å². The molecule has 0 spiro atoms. The number of hydrogen-bond acceptors (Lipinski definition) is 6. The molecule has 0 N–H and O–H groups in total. The van der Waals surface area contributed by atoms with Crippen LogP contribution in [0.1, 0.15) is 64.1 Å². The van der Waals surface area contributed by atoms with Crippen LogP contribution in [-0.2, 0) is 14.3 Å². The number of hydrogen-bond donors (Lipinski definition) is 0. The number of carbonyl (C=O) groups excluding carboxylic acids is 3. The van der Waals surface area contributed by atoms with E-state index in [4.69, 9.17) is 4.74 Å². The molecule has 0 amide bonds. The Bertz CT molecular complexity index is 1480. The molecule has 6 nitrogen and oxygen atoms in total. The van der Waals surface area contributed by atoms with Crippen LogP contribution in [0.2, 0.25) is 0 Å². The fourth-order valence-electron chi connectivity index (χ4n) is 5.38. The van der Waals surface area contributed by atoms with E-state index in [2.05, 4.69) is 4.90 Å². The van der Waals surface area contributed by atoms with Gasteiger partial charge < -0.3 is 4.74 Å². The van der Waals surface area contributed by atoms with Crippen LogP contribution in [-0.4, -0.2) is 50.4 Å². The molecule has 1 aromatic heterocycles. The Kier molecular flexibility index (Phi) is 8.02. The van der Waals surface area contributed by atoms with Crippen LogP contribution in [0.3, 0.4) is 0 Å². The Labute approximate surface area is 238 Å². The number of rotatable bonds is 6. The molecule has 210 valence electrons. The van der Waals surface area contributed by atoms with Crippen molar-refractivity contribution in [3.8, 4) is 0 Å². The lowest BCUT2D eigenvalue weighted by molar-refractivity contribution is -0.126. The predicted octanol–water partition coefficient (Wildman–Crippen LogP) is 7.02. The zero-order chi connectivity index (χ0) is 28.6. The number of likely N-dealkylation sites (tertiary alicyclic amines) is 1. The fraction of sp³-hybridized carbons (Fsp3) is 0.406. The van der Waals surface area contributed by atoms with Gasteiger partial charge in [-0.15, -0.1) is 0 Å². The number of nitrogens with zero attached hydrogens (tertiary/aromatic N) is 2. The number of Topliss-reactive ketones (excluding diaryl/α,β-unsaturated/α-hetero) is 1. The average Bonchev–Trinajstić information content (AvgIpc) is 3.68. The number of carbonyl (C=O) groups is 3. The van der Waals surface area contributed by atoms with E-state index in [1.165, 1.54) is 22.4 Å². The molecule has 0 bridgehead atoms. The molecule has 40 heavy (non-hydrogen) atoms. The molecular weight excluding hydrogens is 527 g/mol. The second-order valence-corrected chi connectivity index (χ2v) is 13.0. The Hall–Kier alpha value is -3.23. The van der Waals surface area contributed by atoms with Crippen molar-refractivity contribution in [3.05, 3.63) is 77.2 Å². The van der Waals surface area contributed by atoms with Crippen molar-refractivity contribution >= 4 is 45.7 Å². The van der Waals surface area contributed by atoms with Gasteiger partial charge in [-0.1, -0.05) is 54.2 Å². The molecule has 3 aromatic rings. The maximum Gasteiger partial charge on any atom is 0.419 e. The van der Waals surface area contributed by atoms with Crippen LogP contribution in [0.5, 0.6) is 0 Å². The quantitative estimate of drug-likeness (QED) is 0.322. The van der Waals surface area contributed by atoms with Gasteiger partial charge in [0.05, 0.1) is 11.6 Å². The van der Waals surface area contributed by atoms with Crippen LogP contribution in [0.4, 0.5) is 9.18 Å². The van der Waals surface area contributed by atoms with E-state index in [1.807, 2.05) is 51.1 Å². The van der Waals surface area contributed by atoms with Crippen molar-refractivity contribution in [1.82, 2.24) is 9.47 Å². The van der Waals surface area contributed by atoms with E-state index in [0.29, 0.717) is 25.1 Å². The van der Waals surface area contributed by atoms with Gasteiger partial charge in [-0.05, 0) is 57.7 Å². The van der Waals surface area contributed by atoms with Gasteiger partial charge in [-0.25, -0.2) is 9.18 Å². The SMILES string of the molecule is CC(=O)SC1CCN(C(C(=O)C2CC2)c2ccccc2F)C/C1=C\c1cn(C(=O)OC(C)(C)C)c2ccccc12. The first-order valence-electron chi connectivity index (χ1n) is 13.7. The first kappa shape index (κ1) is 28.3. The molecule has 5 rings (SSSR count). The number of para-hydroxylation sites is 1. The minimum absolute atomic E-state index is 0.0141. The van der Waals surface area contributed by atoms with Crippen LogP contribution < -0.4 is 0 Å². The zero-order valence-electron chi connectivity index (χ0n) is 23.4. The van der Waals surface area contributed by atoms with Crippen molar-refractivity contribution in [2.75, 3.05) is 13.1 Å². The molecule has 1 saturated heterocycles. The zero-order valence-corrected chi connectivity index (χ0v) is 24.2. The highest BCUT2D eigenvalue weighted by Crippen LogP contribution is 2.41. The molecule has 1 aliphatic heterocycles. The second kappa shape index (κ2) is 11.3. The summed E-state index contributed by atoms with van der Waals surface area (Å²) in [6, 6.07) is 13.5. The number of benzene rings is 2. The van der Waals surface area contributed by atoms with E-state index in [-0.39, 0.29) is 27.9 Å². The summed E-state index contributed by atoms with van der Waals surface area (Å²) in [5.74, 6) is -0.357. The highest BCUT2D eigenvalue weighted by molar-refractivity contribution is 8.14. The second-order valence-electron chi connectivity index (χ2n) is 11.6. The van der Waals surface area contributed by atoms with Crippen molar-refractivity contribution < 1.29 is 23.5 Å². The number of halogens is 1. The monoisotopic (exact) mass is 562 g/mol. The highest BCUT2D eigenvalue weighted by atomic mass is 32.2. The molecule has 8 heteroatoms. The molecule has 2 aliphatic rings. The van der Waals surface area contributed by atoms with Gasteiger partial charge in [-0.2, -0.15) is 0 Å². The summed E-state index contributed by atoms with van der Waals surface area (Å²) in [4.78, 5) is 40.8. The van der Waals surface area contributed by atoms with E-state index < -0.39 is 17.7 Å². The minimum Gasteiger partial charge on any atom is -0.443 e. The van der Waals surface area contributed by atoms with Crippen molar-refractivity contribution in [2.45, 2.75) is 63.9 Å². The molecule has 2 heterocycles. The molecule has 2 fully saturated rings. The Morgan fingerprint density at radius 1 is 1.05 bits per heavy atom. The molecule has 2 atom stereocenters. The number of piperidine rings is 1. The largest absolute Gasteiger partial charge is 0.443 e. The van der Waals surface area contributed by atoms with Crippen molar-refractivity contribution in [3.63, 3.8) is 0 Å². The lowest BCUT2D eigenvalue weighted by atomic mass is 9.93. The normalized spacial score (nSPS) is 20.0. The number of thioether (sulfide) groups is 1. The first-order valence-corrected chi connectivity index (χ1v) is 14.6. The van der Waals surface area contributed by atoms with E-state index >= 15 is 4.39 Å². The van der Waals surface area contributed by atoms with Gasteiger partial charge in [0.15, 0.2) is 10.9 Å². The molecule has 1 saturated carbocycles. The molecule has 2 unspecified atom stereocenters. The summed E-state index contributed by atoms with van der Waals surface area (Å²) in [7, 11) is 0. The van der Waals surface area contributed by atoms with E-state index in [9.17, 15) is 14.4 Å². The minimum atomic E-state index is -0.677. The van der Waals surface area contributed by atoms with Gasteiger partial charge in [0.25, 0.3) is 0 Å². The summed E-state index contributed by atoms with van der Waals surface area (Å²) in [5, 5.41) is 0.805. The highest BCUT2D eigenvalue weighted by Gasteiger charge is 2.41. The van der Waals surface area contributed by atoms with E-state index in [1.54, 1.807) is 31.3 Å². The third kappa shape index (κ3) is 6.23. The summed E-state index contributed by atoms with van der Waals surface area (Å²) < 4.78 is 22.2. The standard InChI is InChI=1S/C32H35FN2O4S/c1-20(36)40-28-15-16-34(29(30(37)21-13-14-21)25-10-5-7-11-26(25)33)18-23(28)17-22-19-35(31(38)39-32(2,3)4)27-12-8-6-9-24(22)27/h5-12,17,19,21,28-29H,13-16,18H2,1-4H3/b23-17+. The average molecular weight is 563 g/mol. The number of aromatic nitrogens is 1. The lowest BCUT2D eigenvalue weighted by Gasteiger charge is -2.38. The van der Waals surface area contributed by atoms with Crippen LogP contribution in [0.25, 0.3) is 17.0 Å². The molecule has 1 aliphatic carbocycles. The third-order valence-corrected chi connectivity index (χ3v) is 8.43. The lowest BCUT2D eigenvalue weighted by Crippen LogP contribution is -2.43. The number of ketones is 1. The van der Waals surface area contributed by atoms with Gasteiger partial charge >= 0.3 is 6.09 Å². The van der Waals surface area contributed by atoms with Crippen LogP contribution >= 0.6 is 11.8 Å². The smallest absolute Gasteiger partial charge is 0.419 e. The third-order valence-electron chi connectivity index (χ3n) is 7.27. The van der Waals surface area contributed by atoms with Crippen molar-refractivity contribution in [2.24, 2.45) is 5.92 Å². The molecule has 0 radical (unpaired) electrons. The summed E-state index contributed by atoms with van der Waals surface area (Å²) in [6.45, 7) is 8.02. The predicted molar refractivity (Wildman–Crippen MR) is 157 cm³/mol. The van der Waals surface area contributed by atoms with Crippen molar-refractivity contribution in [1.29, 1.82) is 0 Å². The van der Waals surface area contributed by atoms with Gasteiger partial charge in [0.1, 0.15) is 11.4 Å². The maximum atomic E-state index is 15.0. The summed E-state index contributed by atoms with van der Waals surface area (Å²) in [6.07, 6.45) is 5.65. The summed E-state index contributed by atoms with van der Waals surface area (Å²) >= 11 is 1.28. The Morgan fingerprint density at radius 3 is 2.42 bits per heavy atom. The van der Waals surface area contributed by atoms with E-state index in [0.717, 1.165) is 34.9 Å². The van der Waals surface area contributed by atoms with Gasteiger partial charge in [-0.3, -0.25) is 19.1 Å². The summed E-state index contributed by atoms with van der Waals surface area (Å²) in [5.41, 5.74) is 2.26. The topological polar surface area (TPSA) is 68.6 Å². The number of fused-ring (bicyclic) bond motifs is 1. The Morgan fingerprint density at radius 2 is 1.75 bits per heavy atom. The van der Waals surface area contributed by atoms with Crippen LogP contribution in [0.15, 0.2) is 60.3 Å². The maximum absolute atomic E-state index is 15.0. The number of ether oxygens (including phenoxy) is 1. The fourth-order valence-corrected chi connectivity index (χ4v) is 6.30. The Balaban J connectivity index is 1.55. The van der Waals surface area contributed by atoms with Gasteiger partial charge in [0.2, 0.25) is 0 Å². The van der Waals surface area contributed by atoms with Gasteiger partial charge in [0, 0.05) is 53.9 Å². The molecule has 2 aromatic carbocycles. The first-order chi connectivity index (χ1) is 19.0. The molecular formula is C32H35FN2O4S.